The first-order valence-corrected chi connectivity index (χ1v) is 19.1. The summed E-state index contributed by atoms with van der Waals surface area (Å²) in [5, 5.41) is 21.7. The molecule has 41 heavy (non-hydrogen) atoms. The van der Waals surface area contributed by atoms with Gasteiger partial charge in [-0.1, -0.05) is 34.6 Å². The lowest BCUT2D eigenvalue weighted by Crippen LogP contribution is -2.49. The standard InChI is InChI=1S/C39H64O2/c1-6-29(40)14-25-12-27-17-32(25)38(34-20(4)22-8-9-23(34)11-22)36(27)37-28-13-26(15-30(41)7-2)33(18-28)39(37)35-21(5)24-10-19(3)31(35)16-24/h19-41H,6-18H2,1-5H3. The molecule has 0 aromatic carbocycles. The van der Waals surface area contributed by atoms with Gasteiger partial charge in [0.25, 0.3) is 0 Å². The van der Waals surface area contributed by atoms with Crippen LogP contribution in [0.15, 0.2) is 0 Å². The highest BCUT2D eigenvalue weighted by atomic mass is 16.3. The third-order valence-electron chi connectivity index (χ3n) is 17.2. The smallest absolute Gasteiger partial charge is 0.0540 e. The third kappa shape index (κ3) is 4.20. The van der Waals surface area contributed by atoms with E-state index in [1.54, 1.807) is 6.42 Å². The predicted molar refractivity (Wildman–Crippen MR) is 167 cm³/mol. The van der Waals surface area contributed by atoms with E-state index in [0.717, 1.165) is 138 Å². The molecule has 0 amide bonds. The molecular formula is C39H64O2. The summed E-state index contributed by atoms with van der Waals surface area (Å²) in [5.41, 5.74) is 0. The van der Waals surface area contributed by atoms with Crippen LogP contribution in [-0.2, 0) is 0 Å². The Balaban J connectivity index is 1.15. The lowest BCUT2D eigenvalue weighted by molar-refractivity contribution is -0.0612. The summed E-state index contributed by atoms with van der Waals surface area (Å²) in [6.07, 6.45) is 17.4. The van der Waals surface area contributed by atoms with Crippen molar-refractivity contribution >= 4 is 0 Å². The van der Waals surface area contributed by atoms with Gasteiger partial charge in [-0.15, -0.1) is 0 Å². The lowest BCUT2D eigenvalue weighted by atomic mass is 9.52. The molecule has 0 saturated heterocycles. The SMILES string of the molecule is CCC(O)CC1CC2CC1C(C1C3CCC(C3)C1C)C2C1C2CC(CC(O)CC)C(C2)C1C1C(C)C2CC(C)C1C2. The van der Waals surface area contributed by atoms with Gasteiger partial charge in [0.15, 0.2) is 0 Å². The zero-order valence-corrected chi connectivity index (χ0v) is 27.2. The Morgan fingerprint density at radius 2 is 1.00 bits per heavy atom. The molecule has 8 aliphatic rings. The molecule has 2 nitrogen and oxygen atoms in total. The molecule has 0 radical (unpaired) electrons. The maximum absolute atomic E-state index is 10.8. The molecule has 21 unspecified atom stereocenters. The molecule has 8 aliphatic carbocycles. The van der Waals surface area contributed by atoms with Crippen molar-refractivity contribution in [2.24, 2.45) is 112 Å². The largest absolute Gasteiger partial charge is 0.393 e. The van der Waals surface area contributed by atoms with E-state index in [4.69, 9.17) is 0 Å². The molecular weight excluding hydrogens is 500 g/mol. The van der Waals surface area contributed by atoms with E-state index in [1.807, 2.05) is 0 Å². The Morgan fingerprint density at radius 3 is 1.51 bits per heavy atom. The van der Waals surface area contributed by atoms with Crippen LogP contribution < -0.4 is 0 Å². The van der Waals surface area contributed by atoms with Crippen molar-refractivity contribution in [1.29, 1.82) is 0 Å². The summed E-state index contributed by atoms with van der Waals surface area (Å²) >= 11 is 0. The first-order chi connectivity index (χ1) is 19.8. The fraction of sp³-hybridized carbons (Fsp3) is 1.00. The van der Waals surface area contributed by atoms with E-state index in [-0.39, 0.29) is 12.2 Å². The quantitative estimate of drug-likeness (QED) is 0.294. The molecule has 0 aliphatic heterocycles. The Morgan fingerprint density at radius 1 is 0.488 bits per heavy atom. The maximum atomic E-state index is 10.8. The van der Waals surface area contributed by atoms with Crippen molar-refractivity contribution in [1.82, 2.24) is 0 Å². The van der Waals surface area contributed by atoms with Gasteiger partial charge in [0, 0.05) is 0 Å². The summed E-state index contributed by atoms with van der Waals surface area (Å²) in [6, 6.07) is 0. The van der Waals surface area contributed by atoms with Gasteiger partial charge in [0.1, 0.15) is 0 Å². The molecule has 8 bridgehead atoms. The highest BCUT2D eigenvalue weighted by Crippen LogP contribution is 2.74. The van der Waals surface area contributed by atoms with E-state index < -0.39 is 0 Å². The molecule has 8 saturated carbocycles. The van der Waals surface area contributed by atoms with Crippen molar-refractivity contribution in [3.8, 4) is 0 Å². The zero-order valence-electron chi connectivity index (χ0n) is 27.2. The van der Waals surface area contributed by atoms with E-state index >= 15 is 0 Å². The lowest BCUT2D eigenvalue weighted by Gasteiger charge is -2.53. The molecule has 0 heterocycles. The van der Waals surface area contributed by atoms with Gasteiger partial charge in [-0.3, -0.25) is 0 Å². The van der Waals surface area contributed by atoms with Crippen LogP contribution in [0.1, 0.15) is 118 Å². The molecule has 0 aromatic heterocycles. The molecule has 8 rings (SSSR count). The second-order valence-electron chi connectivity index (χ2n) is 18.3. The van der Waals surface area contributed by atoms with Gasteiger partial charge in [-0.05, 0) is 196 Å². The van der Waals surface area contributed by atoms with Crippen molar-refractivity contribution in [3.63, 3.8) is 0 Å². The highest BCUT2D eigenvalue weighted by molar-refractivity contribution is 5.16. The Labute approximate surface area is 252 Å². The van der Waals surface area contributed by atoms with Crippen LogP contribution in [0, 0.1) is 112 Å². The van der Waals surface area contributed by atoms with Crippen molar-refractivity contribution in [2.45, 2.75) is 130 Å². The average Bonchev–Trinajstić information content (AvgIpc) is 3.80. The first-order valence-electron chi connectivity index (χ1n) is 19.1. The minimum atomic E-state index is -0.0780. The van der Waals surface area contributed by atoms with Crippen LogP contribution in [0.2, 0.25) is 0 Å². The van der Waals surface area contributed by atoms with E-state index in [1.165, 1.54) is 51.4 Å². The summed E-state index contributed by atoms with van der Waals surface area (Å²) < 4.78 is 0. The molecule has 2 N–H and O–H groups in total. The van der Waals surface area contributed by atoms with E-state index in [2.05, 4.69) is 34.6 Å². The number of hydrogen-bond donors (Lipinski definition) is 2. The maximum Gasteiger partial charge on any atom is 0.0540 e. The zero-order chi connectivity index (χ0) is 28.3. The van der Waals surface area contributed by atoms with Gasteiger partial charge in [0.2, 0.25) is 0 Å². The van der Waals surface area contributed by atoms with E-state index in [9.17, 15) is 10.2 Å². The van der Waals surface area contributed by atoms with Crippen molar-refractivity contribution in [2.75, 3.05) is 0 Å². The molecule has 0 aromatic rings. The Hall–Kier alpha value is -0.0800. The molecule has 232 valence electrons. The number of fused-ring (bicyclic) bond motifs is 8. The first kappa shape index (κ1) is 28.4. The fourth-order valence-corrected chi connectivity index (χ4v) is 15.9. The van der Waals surface area contributed by atoms with Crippen LogP contribution >= 0.6 is 0 Å². The molecule has 21 atom stereocenters. The average molecular weight is 565 g/mol. The van der Waals surface area contributed by atoms with Gasteiger partial charge in [-0.2, -0.15) is 0 Å². The second kappa shape index (κ2) is 10.5. The number of aliphatic hydroxyl groups is 2. The monoisotopic (exact) mass is 564 g/mol. The number of aliphatic hydroxyl groups excluding tert-OH is 2. The normalized spacial score (nSPS) is 59.6. The van der Waals surface area contributed by atoms with Crippen LogP contribution in [-0.4, -0.2) is 22.4 Å². The minimum Gasteiger partial charge on any atom is -0.393 e. The van der Waals surface area contributed by atoms with Crippen LogP contribution in [0.3, 0.4) is 0 Å². The molecule has 2 heteroatoms. The summed E-state index contributed by atoms with van der Waals surface area (Å²) in [4.78, 5) is 0. The highest BCUT2D eigenvalue weighted by Gasteiger charge is 2.68. The number of hydrogen-bond acceptors (Lipinski definition) is 2. The summed E-state index contributed by atoms with van der Waals surface area (Å²) in [6.45, 7) is 12.4. The topological polar surface area (TPSA) is 40.5 Å². The van der Waals surface area contributed by atoms with Gasteiger partial charge < -0.3 is 10.2 Å². The predicted octanol–water partition coefficient (Wildman–Crippen LogP) is 8.70. The van der Waals surface area contributed by atoms with Crippen molar-refractivity contribution < 1.29 is 10.2 Å². The molecule has 8 fully saturated rings. The van der Waals surface area contributed by atoms with Crippen LogP contribution in [0.25, 0.3) is 0 Å². The fourth-order valence-electron chi connectivity index (χ4n) is 15.9. The minimum absolute atomic E-state index is 0.0757. The molecule has 0 spiro atoms. The number of rotatable bonds is 9. The second-order valence-corrected chi connectivity index (χ2v) is 18.3. The van der Waals surface area contributed by atoms with E-state index in [0.29, 0.717) is 0 Å². The van der Waals surface area contributed by atoms with Crippen LogP contribution in [0.5, 0.6) is 0 Å². The van der Waals surface area contributed by atoms with Crippen LogP contribution in [0.4, 0.5) is 0 Å². The third-order valence-corrected chi connectivity index (χ3v) is 17.2. The summed E-state index contributed by atoms with van der Waals surface area (Å²) in [7, 11) is 0. The van der Waals surface area contributed by atoms with Gasteiger partial charge in [0.05, 0.1) is 12.2 Å². The van der Waals surface area contributed by atoms with Gasteiger partial charge in [-0.25, -0.2) is 0 Å². The Bertz CT molecular complexity index is 959. The Kier molecular flexibility index (Phi) is 7.27. The van der Waals surface area contributed by atoms with Gasteiger partial charge >= 0.3 is 0 Å². The van der Waals surface area contributed by atoms with Crippen molar-refractivity contribution in [3.05, 3.63) is 0 Å². The summed E-state index contributed by atoms with van der Waals surface area (Å²) in [5.74, 6) is 18.0.